The Bertz CT molecular complexity index is 840. The first-order chi connectivity index (χ1) is 12.5. The van der Waals surface area contributed by atoms with Crippen molar-refractivity contribution >= 4 is 39.1 Å². The van der Waals surface area contributed by atoms with E-state index in [2.05, 4.69) is 21.2 Å². The number of anilines is 2. The fourth-order valence-electron chi connectivity index (χ4n) is 2.92. The smallest absolute Gasteiger partial charge is 0.229 e. The molecule has 6 nitrogen and oxygen atoms in total. The summed E-state index contributed by atoms with van der Waals surface area (Å²) in [6.45, 7) is 0.339. The summed E-state index contributed by atoms with van der Waals surface area (Å²) in [5, 5.41) is 2.85. The van der Waals surface area contributed by atoms with Gasteiger partial charge in [-0.25, -0.2) is 0 Å². The molecule has 1 fully saturated rings. The van der Waals surface area contributed by atoms with Crippen LogP contribution in [0.4, 0.5) is 11.4 Å². The fraction of sp³-hybridized carbons (Fsp3) is 0.263. The standard InChI is InChI=1S/C19H19BrN2O4/c1-25-13-7-8-15(17(10-13)26-2)21-19(24)12-9-18(23)22(11-12)16-6-4-3-5-14(16)20/h3-8,10,12H,9,11H2,1-2H3,(H,21,24). The molecule has 26 heavy (non-hydrogen) atoms. The van der Waals surface area contributed by atoms with Gasteiger partial charge in [-0.05, 0) is 40.2 Å². The van der Waals surface area contributed by atoms with Gasteiger partial charge in [-0.2, -0.15) is 0 Å². The number of methoxy groups -OCH3 is 2. The Morgan fingerprint density at radius 2 is 1.96 bits per heavy atom. The van der Waals surface area contributed by atoms with Gasteiger partial charge in [0.05, 0.1) is 31.5 Å². The summed E-state index contributed by atoms with van der Waals surface area (Å²) >= 11 is 3.45. The maximum absolute atomic E-state index is 12.7. The molecule has 2 amide bonds. The van der Waals surface area contributed by atoms with Crippen molar-refractivity contribution < 1.29 is 19.1 Å². The second kappa shape index (κ2) is 7.78. The van der Waals surface area contributed by atoms with E-state index < -0.39 is 5.92 Å². The van der Waals surface area contributed by atoms with E-state index in [1.165, 1.54) is 7.11 Å². The third-order valence-electron chi connectivity index (χ3n) is 4.31. The monoisotopic (exact) mass is 418 g/mol. The fourth-order valence-corrected chi connectivity index (χ4v) is 3.42. The van der Waals surface area contributed by atoms with Crippen molar-refractivity contribution in [2.45, 2.75) is 6.42 Å². The van der Waals surface area contributed by atoms with Crippen LogP contribution in [-0.2, 0) is 9.59 Å². The maximum atomic E-state index is 12.7. The topological polar surface area (TPSA) is 67.9 Å². The van der Waals surface area contributed by atoms with Crippen molar-refractivity contribution in [3.05, 3.63) is 46.9 Å². The van der Waals surface area contributed by atoms with E-state index in [-0.39, 0.29) is 18.2 Å². The molecule has 2 aromatic rings. The average molecular weight is 419 g/mol. The van der Waals surface area contributed by atoms with Crippen LogP contribution in [0.1, 0.15) is 6.42 Å². The lowest BCUT2D eigenvalue weighted by molar-refractivity contribution is -0.122. The van der Waals surface area contributed by atoms with Crippen molar-refractivity contribution in [2.24, 2.45) is 5.92 Å². The van der Waals surface area contributed by atoms with Crippen LogP contribution in [0.25, 0.3) is 0 Å². The number of para-hydroxylation sites is 1. The highest BCUT2D eigenvalue weighted by Crippen LogP contribution is 2.33. The molecule has 0 bridgehead atoms. The number of nitrogens with zero attached hydrogens (tertiary/aromatic N) is 1. The van der Waals surface area contributed by atoms with Crippen LogP contribution in [0.5, 0.6) is 11.5 Å². The minimum Gasteiger partial charge on any atom is -0.497 e. The quantitative estimate of drug-likeness (QED) is 0.806. The van der Waals surface area contributed by atoms with E-state index in [4.69, 9.17) is 9.47 Å². The molecule has 0 spiro atoms. The van der Waals surface area contributed by atoms with E-state index >= 15 is 0 Å². The van der Waals surface area contributed by atoms with Crippen molar-refractivity contribution in [1.82, 2.24) is 0 Å². The molecule has 0 radical (unpaired) electrons. The zero-order valence-electron chi connectivity index (χ0n) is 14.5. The van der Waals surface area contributed by atoms with Crippen LogP contribution in [0.3, 0.4) is 0 Å². The van der Waals surface area contributed by atoms with Crippen LogP contribution in [0, 0.1) is 5.92 Å². The molecule has 0 aromatic heterocycles. The van der Waals surface area contributed by atoms with Crippen LogP contribution in [0.2, 0.25) is 0 Å². The minimum absolute atomic E-state index is 0.0706. The molecule has 2 aromatic carbocycles. The van der Waals surface area contributed by atoms with Crippen molar-refractivity contribution in [1.29, 1.82) is 0 Å². The van der Waals surface area contributed by atoms with Gasteiger partial charge in [0.15, 0.2) is 0 Å². The second-order valence-electron chi connectivity index (χ2n) is 5.91. The molecule has 0 aliphatic carbocycles. The number of rotatable bonds is 5. The lowest BCUT2D eigenvalue weighted by Gasteiger charge is -2.18. The summed E-state index contributed by atoms with van der Waals surface area (Å²) in [7, 11) is 3.09. The van der Waals surface area contributed by atoms with E-state index in [1.54, 1.807) is 30.2 Å². The number of benzene rings is 2. The predicted octanol–water partition coefficient (Wildman–Crippen LogP) is 3.46. The molecule has 1 N–H and O–H groups in total. The Morgan fingerprint density at radius 1 is 1.19 bits per heavy atom. The van der Waals surface area contributed by atoms with E-state index in [0.717, 1.165) is 10.2 Å². The summed E-state index contributed by atoms with van der Waals surface area (Å²) in [5.41, 5.74) is 1.32. The Hall–Kier alpha value is -2.54. The number of nitrogens with one attached hydrogen (secondary N) is 1. The Labute approximate surface area is 160 Å². The number of halogens is 1. The lowest BCUT2D eigenvalue weighted by atomic mass is 10.1. The SMILES string of the molecule is COc1ccc(NC(=O)C2CC(=O)N(c3ccccc3Br)C2)c(OC)c1. The van der Waals surface area contributed by atoms with Gasteiger partial charge in [0, 0.05) is 23.5 Å². The van der Waals surface area contributed by atoms with Crippen molar-refractivity contribution in [2.75, 3.05) is 31.0 Å². The molecule has 0 saturated carbocycles. The highest BCUT2D eigenvalue weighted by Gasteiger charge is 2.36. The van der Waals surface area contributed by atoms with Gasteiger partial charge in [-0.1, -0.05) is 12.1 Å². The van der Waals surface area contributed by atoms with E-state index in [9.17, 15) is 9.59 Å². The molecule has 1 aliphatic heterocycles. The summed E-state index contributed by atoms with van der Waals surface area (Å²) < 4.78 is 11.3. The van der Waals surface area contributed by atoms with Crippen molar-refractivity contribution in [3.8, 4) is 11.5 Å². The molecule has 1 saturated heterocycles. The molecule has 1 atom stereocenters. The van der Waals surface area contributed by atoms with Crippen LogP contribution >= 0.6 is 15.9 Å². The zero-order valence-corrected chi connectivity index (χ0v) is 16.1. The first kappa shape index (κ1) is 18.3. The first-order valence-corrected chi connectivity index (χ1v) is 8.90. The van der Waals surface area contributed by atoms with Gasteiger partial charge in [-0.15, -0.1) is 0 Å². The molecular formula is C19H19BrN2O4. The highest BCUT2D eigenvalue weighted by atomic mass is 79.9. The van der Waals surface area contributed by atoms with Gasteiger partial charge >= 0.3 is 0 Å². The minimum atomic E-state index is -0.429. The molecule has 7 heteroatoms. The normalized spacial score (nSPS) is 16.5. The van der Waals surface area contributed by atoms with Gasteiger partial charge in [0.25, 0.3) is 0 Å². The van der Waals surface area contributed by atoms with E-state index in [1.807, 2.05) is 24.3 Å². The van der Waals surface area contributed by atoms with Crippen LogP contribution in [-0.4, -0.2) is 32.6 Å². The van der Waals surface area contributed by atoms with Crippen LogP contribution in [0.15, 0.2) is 46.9 Å². The Kier molecular flexibility index (Phi) is 5.46. The van der Waals surface area contributed by atoms with Gasteiger partial charge in [-0.3, -0.25) is 9.59 Å². The summed E-state index contributed by atoms with van der Waals surface area (Å²) in [6.07, 6.45) is 0.172. The van der Waals surface area contributed by atoms with Crippen LogP contribution < -0.4 is 19.7 Å². The predicted molar refractivity (Wildman–Crippen MR) is 103 cm³/mol. The molecule has 136 valence electrons. The first-order valence-electron chi connectivity index (χ1n) is 8.11. The van der Waals surface area contributed by atoms with E-state index in [0.29, 0.717) is 23.7 Å². The molecule has 1 unspecified atom stereocenters. The average Bonchev–Trinajstić information content (AvgIpc) is 3.04. The summed E-state index contributed by atoms with van der Waals surface area (Å²) in [5.74, 6) is 0.428. The third kappa shape index (κ3) is 3.67. The summed E-state index contributed by atoms with van der Waals surface area (Å²) in [4.78, 5) is 26.7. The number of ether oxygens (including phenoxy) is 2. The Balaban J connectivity index is 1.74. The zero-order chi connectivity index (χ0) is 18.7. The summed E-state index contributed by atoms with van der Waals surface area (Å²) in [6, 6.07) is 12.6. The lowest BCUT2D eigenvalue weighted by Crippen LogP contribution is -2.28. The Morgan fingerprint density at radius 3 is 2.65 bits per heavy atom. The maximum Gasteiger partial charge on any atom is 0.229 e. The number of hydrogen-bond acceptors (Lipinski definition) is 4. The third-order valence-corrected chi connectivity index (χ3v) is 4.98. The number of carbonyl (C=O) groups is 2. The van der Waals surface area contributed by atoms with Gasteiger partial charge in [0.2, 0.25) is 11.8 Å². The highest BCUT2D eigenvalue weighted by molar-refractivity contribution is 9.10. The molecule has 1 heterocycles. The number of amides is 2. The molecular weight excluding hydrogens is 400 g/mol. The van der Waals surface area contributed by atoms with Gasteiger partial charge < -0.3 is 19.7 Å². The molecule has 3 rings (SSSR count). The number of hydrogen-bond donors (Lipinski definition) is 1. The second-order valence-corrected chi connectivity index (χ2v) is 6.77. The number of carbonyl (C=O) groups excluding carboxylic acids is 2. The molecule has 1 aliphatic rings. The van der Waals surface area contributed by atoms with Crippen molar-refractivity contribution in [3.63, 3.8) is 0 Å². The van der Waals surface area contributed by atoms with Gasteiger partial charge in [0.1, 0.15) is 11.5 Å². The largest absolute Gasteiger partial charge is 0.497 e.